The Kier molecular flexibility index (Phi) is 4.54. The van der Waals surface area contributed by atoms with Crippen molar-refractivity contribution in [3.8, 4) is 0 Å². The van der Waals surface area contributed by atoms with Crippen LogP contribution in [0, 0.1) is 0 Å². The average Bonchev–Trinajstić information content (AvgIpc) is 2.61. The summed E-state index contributed by atoms with van der Waals surface area (Å²) < 4.78 is 38.4. The summed E-state index contributed by atoms with van der Waals surface area (Å²) in [5.74, 6) is -0.142. The van der Waals surface area contributed by atoms with Crippen LogP contribution in [0.4, 0.5) is 13.2 Å². The highest BCUT2D eigenvalue weighted by molar-refractivity contribution is 6.06. The lowest BCUT2D eigenvalue weighted by Crippen LogP contribution is -2.36. The number of alkyl halides is 3. The van der Waals surface area contributed by atoms with Gasteiger partial charge in [0.1, 0.15) is 6.04 Å². The van der Waals surface area contributed by atoms with Gasteiger partial charge in [0.15, 0.2) is 11.7 Å². The molecular weight excluding hydrogens is 343 g/mol. The molecule has 1 atom stereocenters. The molecular formula is C19H16F3N3O. The number of halogens is 3. The molecule has 3 rings (SSSR count). The van der Waals surface area contributed by atoms with E-state index in [0.29, 0.717) is 16.8 Å². The van der Waals surface area contributed by atoms with Gasteiger partial charge in [-0.1, -0.05) is 42.5 Å². The lowest BCUT2D eigenvalue weighted by Gasteiger charge is -2.26. The number of carbonyl (C=O) groups excluding carboxylic acids is 1. The quantitative estimate of drug-likeness (QED) is 0.879. The van der Waals surface area contributed by atoms with Crippen molar-refractivity contribution >= 4 is 17.4 Å². The van der Waals surface area contributed by atoms with E-state index in [1.807, 2.05) is 30.3 Å². The van der Waals surface area contributed by atoms with Crippen LogP contribution in [0.2, 0.25) is 0 Å². The first-order valence-electron chi connectivity index (χ1n) is 7.85. The minimum absolute atomic E-state index is 0.0961. The van der Waals surface area contributed by atoms with E-state index in [2.05, 4.69) is 10.3 Å². The Hall–Kier alpha value is -3.09. The molecule has 26 heavy (non-hydrogen) atoms. The molecule has 0 fully saturated rings. The molecule has 1 aliphatic heterocycles. The summed E-state index contributed by atoms with van der Waals surface area (Å²) in [6.07, 6.45) is -4.43. The fourth-order valence-corrected chi connectivity index (χ4v) is 2.86. The Morgan fingerprint density at radius 2 is 1.69 bits per heavy atom. The first-order chi connectivity index (χ1) is 12.3. The predicted octanol–water partition coefficient (Wildman–Crippen LogP) is 3.66. The number of aliphatic imine (C=N–C) groups is 1. The van der Waals surface area contributed by atoms with Crippen LogP contribution in [0.5, 0.6) is 0 Å². The van der Waals surface area contributed by atoms with Gasteiger partial charge in [0.25, 0.3) is 0 Å². The van der Waals surface area contributed by atoms with E-state index >= 15 is 0 Å². The van der Waals surface area contributed by atoms with E-state index in [9.17, 15) is 18.0 Å². The molecule has 0 radical (unpaired) electrons. The van der Waals surface area contributed by atoms with Crippen molar-refractivity contribution in [1.29, 1.82) is 0 Å². The molecule has 0 bridgehead atoms. The van der Waals surface area contributed by atoms with E-state index in [1.54, 1.807) is 0 Å². The van der Waals surface area contributed by atoms with Crippen LogP contribution >= 0.6 is 0 Å². The van der Waals surface area contributed by atoms with Crippen molar-refractivity contribution in [3.05, 3.63) is 76.9 Å². The zero-order chi connectivity index (χ0) is 18.9. The molecule has 1 aliphatic rings. The summed E-state index contributed by atoms with van der Waals surface area (Å²) in [6.45, 7) is 1.40. The summed E-state index contributed by atoms with van der Waals surface area (Å²) in [5, 5.41) is 2.91. The number of rotatable bonds is 3. The topological polar surface area (TPSA) is 67.5 Å². The van der Waals surface area contributed by atoms with Gasteiger partial charge >= 0.3 is 6.18 Å². The van der Waals surface area contributed by atoms with Crippen molar-refractivity contribution in [3.63, 3.8) is 0 Å². The van der Waals surface area contributed by atoms with E-state index < -0.39 is 17.8 Å². The molecule has 0 aliphatic carbocycles. The average molecular weight is 359 g/mol. The normalized spacial score (nSPS) is 17.5. The molecule has 0 aromatic heterocycles. The number of guanidine groups is 1. The van der Waals surface area contributed by atoms with Gasteiger partial charge < -0.3 is 11.1 Å². The number of carbonyl (C=O) groups is 1. The van der Waals surface area contributed by atoms with Crippen molar-refractivity contribution in [2.75, 3.05) is 0 Å². The highest BCUT2D eigenvalue weighted by Crippen LogP contribution is 2.36. The van der Waals surface area contributed by atoms with Gasteiger partial charge in [0, 0.05) is 5.57 Å². The van der Waals surface area contributed by atoms with Gasteiger partial charge in [-0.05, 0) is 30.2 Å². The minimum atomic E-state index is -4.43. The Morgan fingerprint density at radius 3 is 2.23 bits per heavy atom. The zero-order valence-electron chi connectivity index (χ0n) is 13.8. The fraction of sp³-hybridized carbons (Fsp3) is 0.158. The zero-order valence-corrected chi connectivity index (χ0v) is 13.8. The van der Waals surface area contributed by atoms with E-state index in [0.717, 1.165) is 17.7 Å². The Bertz CT molecular complexity index is 884. The van der Waals surface area contributed by atoms with E-state index in [1.165, 1.54) is 19.1 Å². The Morgan fingerprint density at radius 1 is 1.08 bits per heavy atom. The number of Topliss-reactive ketones (excluding diaryl/α,β-unsaturated/α-hetero) is 1. The molecule has 1 unspecified atom stereocenters. The summed E-state index contributed by atoms with van der Waals surface area (Å²) >= 11 is 0. The first-order valence-corrected chi connectivity index (χ1v) is 7.85. The van der Waals surface area contributed by atoms with Crippen LogP contribution in [-0.2, 0) is 11.0 Å². The smallest absolute Gasteiger partial charge is 0.370 e. The molecule has 7 heteroatoms. The number of benzene rings is 2. The number of hydrogen-bond donors (Lipinski definition) is 2. The van der Waals surface area contributed by atoms with Crippen LogP contribution in [0.15, 0.2) is 65.2 Å². The second-order valence-corrected chi connectivity index (χ2v) is 5.87. The van der Waals surface area contributed by atoms with Gasteiger partial charge in [-0.15, -0.1) is 0 Å². The van der Waals surface area contributed by atoms with Crippen molar-refractivity contribution in [2.24, 2.45) is 10.7 Å². The number of nitrogens with zero attached hydrogens (tertiary/aromatic N) is 1. The van der Waals surface area contributed by atoms with Crippen LogP contribution in [0.1, 0.15) is 29.7 Å². The standard InChI is InChI=1S/C19H16F3N3O/c1-11(26)15-16(12-5-3-2-4-6-12)24-18(23)25-17(15)13-7-9-14(10-8-13)19(20,21)22/h2-10,17H,1H3,(H3,23,24,25). The molecule has 2 aromatic carbocycles. The van der Waals surface area contributed by atoms with Gasteiger partial charge in [-0.25, -0.2) is 4.99 Å². The maximum atomic E-state index is 12.8. The molecule has 0 spiro atoms. The SMILES string of the molecule is CC(=O)C1=C(c2ccccc2)NC(N)=NC1c1ccc(C(F)(F)F)cc1. The van der Waals surface area contributed by atoms with Gasteiger partial charge in [-0.2, -0.15) is 13.2 Å². The molecule has 134 valence electrons. The number of nitrogens with one attached hydrogen (secondary N) is 1. The van der Waals surface area contributed by atoms with Crippen LogP contribution in [0.25, 0.3) is 5.70 Å². The predicted molar refractivity (Wildman–Crippen MR) is 93.0 cm³/mol. The minimum Gasteiger partial charge on any atom is -0.370 e. The number of hydrogen-bond acceptors (Lipinski definition) is 4. The summed E-state index contributed by atoms with van der Waals surface area (Å²) in [5.41, 5.74) is 7.17. The lowest BCUT2D eigenvalue weighted by molar-refractivity contribution is -0.137. The Labute approximate surface area is 148 Å². The molecule has 0 saturated carbocycles. The van der Waals surface area contributed by atoms with Crippen molar-refractivity contribution in [1.82, 2.24) is 5.32 Å². The van der Waals surface area contributed by atoms with Gasteiger partial charge in [0.2, 0.25) is 0 Å². The maximum Gasteiger partial charge on any atom is 0.416 e. The number of ketones is 1. The third-order valence-electron chi connectivity index (χ3n) is 4.06. The third kappa shape index (κ3) is 3.46. The molecule has 1 heterocycles. The molecule has 0 amide bonds. The number of nitrogens with two attached hydrogens (primary N) is 1. The molecule has 0 saturated heterocycles. The Balaban J connectivity index is 2.11. The second-order valence-electron chi connectivity index (χ2n) is 5.87. The fourth-order valence-electron chi connectivity index (χ4n) is 2.86. The first kappa shape index (κ1) is 17.7. The highest BCUT2D eigenvalue weighted by atomic mass is 19.4. The van der Waals surface area contributed by atoms with Crippen molar-refractivity contribution < 1.29 is 18.0 Å². The van der Waals surface area contributed by atoms with Crippen molar-refractivity contribution in [2.45, 2.75) is 19.1 Å². The monoisotopic (exact) mass is 359 g/mol. The van der Waals surface area contributed by atoms with Crippen LogP contribution in [0.3, 0.4) is 0 Å². The molecule has 3 N–H and O–H groups in total. The van der Waals surface area contributed by atoms with E-state index in [-0.39, 0.29) is 11.7 Å². The summed E-state index contributed by atoms with van der Waals surface area (Å²) in [7, 11) is 0. The summed E-state index contributed by atoms with van der Waals surface area (Å²) in [6, 6.07) is 12.9. The maximum absolute atomic E-state index is 12.8. The van der Waals surface area contributed by atoms with Gasteiger partial charge in [0.05, 0.1) is 11.3 Å². The summed E-state index contributed by atoms with van der Waals surface area (Å²) in [4.78, 5) is 16.6. The molecule has 4 nitrogen and oxygen atoms in total. The second kappa shape index (κ2) is 6.67. The largest absolute Gasteiger partial charge is 0.416 e. The lowest BCUT2D eigenvalue weighted by atomic mass is 9.90. The van der Waals surface area contributed by atoms with Gasteiger partial charge in [-0.3, -0.25) is 4.79 Å². The molecule has 2 aromatic rings. The van der Waals surface area contributed by atoms with E-state index in [4.69, 9.17) is 5.73 Å². The third-order valence-corrected chi connectivity index (χ3v) is 4.06. The highest BCUT2D eigenvalue weighted by Gasteiger charge is 2.32. The van der Waals surface area contributed by atoms with Crippen LogP contribution < -0.4 is 11.1 Å². The van der Waals surface area contributed by atoms with Crippen LogP contribution in [-0.4, -0.2) is 11.7 Å².